The van der Waals surface area contributed by atoms with Gasteiger partial charge in [0.2, 0.25) is 0 Å². The normalized spacial score (nSPS) is 13.8. The third kappa shape index (κ3) is 3.05. The van der Waals surface area contributed by atoms with Crippen molar-refractivity contribution in [3.05, 3.63) is 77.3 Å². The SMILES string of the molecule is Cc1cc(C(=O)N(Cc2ccco2)C2CC2)c(C)n1-c1ccc(F)cc1. The van der Waals surface area contributed by atoms with Gasteiger partial charge in [-0.2, -0.15) is 0 Å². The van der Waals surface area contributed by atoms with Gasteiger partial charge in [0.05, 0.1) is 18.4 Å². The Labute approximate surface area is 151 Å². The van der Waals surface area contributed by atoms with E-state index in [0.29, 0.717) is 12.1 Å². The van der Waals surface area contributed by atoms with Crippen LogP contribution in [0.5, 0.6) is 0 Å². The minimum absolute atomic E-state index is 0.0189. The number of amides is 1. The minimum atomic E-state index is -0.272. The van der Waals surface area contributed by atoms with E-state index in [-0.39, 0.29) is 17.8 Å². The van der Waals surface area contributed by atoms with Gasteiger partial charge in [-0.05, 0) is 69.2 Å². The van der Waals surface area contributed by atoms with Crippen LogP contribution in [0.2, 0.25) is 0 Å². The standard InChI is InChI=1S/C21H21FN2O2/c1-14-12-20(15(2)24(14)18-7-5-16(22)6-8-18)21(25)23(17-9-10-17)13-19-4-3-11-26-19/h3-8,11-12,17H,9-10,13H2,1-2H3. The lowest BCUT2D eigenvalue weighted by Crippen LogP contribution is -2.32. The van der Waals surface area contributed by atoms with E-state index in [1.165, 1.54) is 12.1 Å². The molecule has 3 aromatic rings. The predicted octanol–water partition coefficient (Wildman–Crippen LogP) is 4.63. The highest BCUT2D eigenvalue weighted by Gasteiger charge is 2.35. The lowest BCUT2D eigenvalue weighted by molar-refractivity contribution is 0.0717. The highest BCUT2D eigenvalue weighted by molar-refractivity contribution is 5.96. The number of rotatable bonds is 5. The summed E-state index contributed by atoms with van der Waals surface area (Å²) in [6.45, 7) is 4.37. The molecule has 0 saturated heterocycles. The molecule has 0 aliphatic heterocycles. The summed E-state index contributed by atoms with van der Waals surface area (Å²) in [5.74, 6) is 0.536. The molecule has 0 N–H and O–H groups in total. The van der Waals surface area contributed by atoms with E-state index in [1.54, 1.807) is 18.4 Å². The summed E-state index contributed by atoms with van der Waals surface area (Å²) in [6, 6.07) is 12.2. The molecule has 5 heteroatoms. The Balaban J connectivity index is 1.67. The number of carbonyl (C=O) groups excluding carboxylic acids is 1. The summed E-state index contributed by atoms with van der Waals surface area (Å²) in [7, 11) is 0. The second-order valence-corrected chi connectivity index (χ2v) is 6.84. The molecule has 1 saturated carbocycles. The molecule has 0 radical (unpaired) electrons. The number of nitrogens with zero attached hydrogens (tertiary/aromatic N) is 2. The second-order valence-electron chi connectivity index (χ2n) is 6.84. The highest BCUT2D eigenvalue weighted by Crippen LogP contribution is 2.31. The van der Waals surface area contributed by atoms with Crippen LogP contribution in [-0.2, 0) is 6.54 Å². The van der Waals surface area contributed by atoms with Gasteiger partial charge in [-0.25, -0.2) is 4.39 Å². The monoisotopic (exact) mass is 352 g/mol. The van der Waals surface area contributed by atoms with E-state index in [4.69, 9.17) is 4.42 Å². The van der Waals surface area contributed by atoms with Crippen molar-refractivity contribution in [2.45, 2.75) is 39.3 Å². The predicted molar refractivity (Wildman–Crippen MR) is 96.8 cm³/mol. The second kappa shape index (κ2) is 6.48. The number of benzene rings is 1. The molecule has 1 aromatic carbocycles. The van der Waals surface area contributed by atoms with Gasteiger partial charge in [0.1, 0.15) is 11.6 Å². The lowest BCUT2D eigenvalue weighted by atomic mass is 10.2. The van der Waals surface area contributed by atoms with Gasteiger partial charge in [0, 0.05) is 23.1 Å². The quantitative estimate of drug-likeness (QED) is 0.671. The Hall–Kier alpha value is -2.82. The molecule has 1 aliphatic carbocycles. The Bertz CT molecular complexity index is 922. The van der Waals surface area contributed by atoms with Crippen LogP contribution in [0.1, 0.15) is 40.3 Å². The van der Waals surface area contributed by atoms with E-state index >= 15 is 0 Å². The first-order valence-electron chi connectivity index (χ1n) is 8.83. The third-order valence-corrected chi connectivity index (χ3v) is 4.90. The molecule has 1 amide bonds. The van der Waals surface area contributed by atoms with Gasteiger partial charge in [-0.1, -0.05) is 0 Å². The summed E-state index contributed by atoms with van der Waals surface area (Å²) < 4.78 is 20.7. The maximum atomic E-state index is 13.2. The van der Waals surface area contributed by atoms with Crippen LogP contribution in [0.4, 0.5) is 4.39 Å². The Kier molecular flexibility index (Phi) is 4.15. The lowest BCUT2D eigenvalue weighted by Gasteiger charge is -2.21. The van der Waals surface area contributed by atoms with Gasteiger partial charge in [0.25, 0.3) is 5.91 Å². The topological polar surface area (TPSA) is 38.4 Å². The average molecular weight is 352 g/mol. The first kappa shape index (κ1) is 16.6. The first-order valence-corrected chi connectivity index (χ1v) is 8.83. The zero-order chi connectivity index (χ0) is 18.3. The van der Waals surface area contributed by atoms with Gasteiger partial charge in [0.15, 0.2) is 0 Å². The molecule has 2 aromatic heterocycles. The maximum Gasteiger partial charge on any atom is 0.256 e. The molecule has 26 heavy (non-hydrogen) atoms. The highest BCUT2D eigenvalue weighted by atomic mass is 19.1. The Morgan fingerprint density at radius 1 is 1.23 bits per heavy atom. The molecule has 0 bridgehead atoms. The van der Waals surface area contributed by atoms with Crippen LogP contribution in [-0.4, -0.2) is 21.4 Å². The smallest absolute Gasteiger partial charge is 0.256 e. The van der Waals surface area contributed by atoms with E-state index in [0.717, 1.165) is 35.7 Å². The molecule has 0 spiro atoms. The van der Waals surface area contributed by atoms with Crippen molar-refractivity contribution in [2.75, 3.05) is 0 Å². The summed E-state index contributed by atoms with van der Waals surface area (Å²) in [4.78, 5) is 15.1. The fraction of sp³-hybridized carbons (Fsp3) is 0.286. The number of hydrogen-bond acceptors (Lipinski definition) is 2. The molecule has 0 atom stereocenters. The molecule has 134 valence electrons. The van der Waals surface area contributed by atoms with Crippen LogP contribution in [0.15, 0.2) is 53.1 Å². The summed E-state index contributed by atoms with van der Waals surface area (Å²) >= 11 is 0. The van der Waals surface area contributed by atoms with Crippen molar-refractivity contribution in [2.24, 2.45) is 0 Å². The molecular formula is C21H21FN2O2. The van der Waals surface area contributed by atoms with Crippen molar-refractivity contribution in [1.82, 2.24) is 9.47 Å². The van der Waals surface area contributed by atoms with Crippen molar-refractivity contribution in [1.29, 1.82) is 0 Å². The number of furan rings is 1. The van der Waals surface area contributed by atoms with Crippen LogP contribution >= 0.6 is 0 Å². The number of halogens is 1. The first-order chi connectivity index (χ1) is 12.5. The molecule has 0 unspecified atom stereocenters. The third-order valence-electron chi connectivity index (χ3n) is 4.90. The Morgan fingerprint density at radius 2 is 1.96 bits per heavy atom. The minimum Gasteiger partial charge on any atom is -0.467 e. The molecule has 4 nitrogen and oxygen atoms in total. The molecule has 1 fully saturated rings. The molecular weight excluding hydrogens is 331 g/mol. The number of carbonyl (C=O) groups is 1. The fourth-order valence-electron chi connectivity index (χ4n) is 3.44. The maximum absolute atomic E-state index is 13.2. The van der Waals surface area contributed by atoms with Crippen molar-refractivity contribution >= 4 is 5.91 Å². The van der Waals surface area contributed by atoms with Gasteiger partial charge in [-0.15, -0.1) is 0 Å². The summed E-state index contributed by atoms with van der Waals surface area (Å²) in [5.41, 5.74) is 3.35. The number of aromatic nitrogens is 1. The van der Waals surface area contributed by atoms with E-state index in [9.17, 15) is 9.18 Å². The van der Waals surface area contributed by atoms with Crippen molar-refractivity contribution in [3.8, 4) is 5.69 Å². The molecule has 1 aliphatic rings. The van der Waals surface area contributed by atoms with E-state index in [2.05, 4.69) is 0 Å². The summed E-state index contributed by atoms with van der Waals surface area (Å²) in [6.07, 6.45) is 3.69. The van der Waals surface area contributed by atoms with E-state index in [1.807, 2.05) is 41.5 Å². The van der Waals surface area contributed by atoms with Gasteiger partial charge in [-0.3, -0.25) is 4.79 Å². The average Bonchev–Trinajstić information content (AvgIpc) is 3.25. The molecule has 4 rings (SSSR count). The summed E-state index contributed by atoms with van der Waals surface area (Å²) in [5, 5.41) is 0. The fourth-order valence-corrected chi connectivity index (χ4v) is 3.44. The largest absolute Gasteiger partial charge is 0.467 e. The van der Waals surface area contributed by atoms with Crippen molar-refractivity contribution < 1.29 is 13.6 Å². The van der Waals surface area contributed by atoms with Gasteiger partial charge >= 0.3 is 0 Å². The van der Waals surface area contributed by atoms with Crippen LogP contribution < -0.4 is 0 Å². The zero-order valence-electron chi connectivity index (χ0n) is 14.9. The van der Waals surface area contributed by atoms with Crippen LogP contribution in [0.25, 0.3) is 5.69 Å². The number of hydrogen-bond donors (Lipinski definition) is 0. The van der Waals surface area contributed by atoms with Crippen molar-refractivity contribution in [3.63, 3.8) is 0 Å². The van der Waals surface area contributed by atoms with Crippen LogP contribution in [0.3, 0.4) is 0 Å². The Morgan fingerprint density at radius 3 is 2.58 bits per heavy atom. The van der Waals surface area contributed by atoms with E-state index < -0.39 is 0 Å². The zero-order valence-corrected chi connectivity index (χ0v) is 14.9. The molecule has 2 heterocycles. The van der Waals surface area contributed by atoms with Gasteiger partial charge < -0.3 is 13.9 Å². The number of aryl methyl sites for hydroxylation is 1. The van der Waals surface area contributed by atoms with Crippen LogP contribution in [0, 0.1) is 19.7 Å².